The van der Waals surface area contributed by atoms with Crippen LogP contribution in [0.3, 0.4) is 0 Å². The van der Waals surface area contributed by atoms with Crippen molar-refractivity contribution in [1.82, 2.24) is 9.55 Å². The lowest BCUT2D eigenvalue weighted by Crippen LogP contribution is -2.11. The summed E-state index contributed by atoms with van der Waals surface area (Å²) in [6.07, 6.45) is 2.98. The number of hydrogen-bond donors (Lipinski definition) is 0. The van der Waals surface area contributed by atoms with Gasteiger partial charge in [0.1, 0.15) is 18.5 Å². The van der Waals surface area contributed by atoms with E-state index >= 15 is 0 Å². The number of nitrogens with zero attached hydrogens (tertiary/aromatic N) is 3. The van der Waals surface area contributed by atoms with Crippen LogP contribution in [0.1, 0.15) is 44.8 Å². The Labute approximate surface area is 204 Å². The first-order valence-electron chi connectivity index (χ1n) is 10.4. The van der Waals surface area contributed by atoms with Gasteiger partial charge in [0.2, 0.25) is 5.76 Å². The van der Waals surface area contributed by atoms with Gasteiger partial charge in [-0.1, -0.05) is 30.3 Å². The van der Waals surface area contributed by atoms with Crippen molar-refractivity contribution in [2.45, 2.75) is 19.6 Å². The lowest BCUT2D eigenvalue weighted by Gasteiger charge is -2.20. The minimum atomic E-state index is -0.542. The summed E-state index contributed by atoms with van der Waals surface area (Å²) in [6, 6.07) is 19.2. The fourth-order valence-corrected chi connectivity index (χ4v) is 3.72. The molecule has 0 amide bonds. The number of imidazole rings is 1. The van der Waals surface area contributed by atoms with Gasteiger partial charge in [0.05, 0.1) is 37.0 Å². The summed E-state index contributed by atoms with van der Waals surface area (Å²) in [4.78, 5) is 15.9. The zero-order valence-corrected chi connectivity index (χ0v) is 19.8. The summed E-state index contributed by atoms with van der Waals surface area (Å²) in [5, 5.41) is 9.70. The Morgan fingerprint density at radius 1 is 1.18 bits per heavy atom. The molecule has 0 bridgehead atoms. The molecular formula is C26H24ClN3O4. The number of furan rings is 1. The number of carbonyl (C=O) groups is 1. The SMILES string of the molecule is COC(=O)c1ccc(COC(c2ccc(C#N)c(-c3ccccc3C)c2)c2cncn2C)o1.Cl. The third-order valence-electron chi connectivity index (χ3n) is 5.47. The lowest BCUT2D eigenvalue weighted by atomic mass is 9.93. The quantitative estimate of drug-likeness (QED) is 0.332. The molecule has 2 heterocycles. The van der Waals surface area contributed by atoms with Crippen molar-refractivity contribution in [3.8, 4) is 17.2 Å². The highest BCUT2D eigenvalue weighted by molar-refractivity contribution is 5.86. The summed E-state index contributed by atoms with van der Waals surface area (Å²) >= 11 is 0. The Morgan fingerprint density at radius 2 is 1.97 bits per heavy atom. The van der Waals surface area contributed by atoms with E-state index in [0.29, 0.717) is 11.3 Å². The monoisotopic (exact) mass is 477 g/mol. The summed E-state index contributed by atoms with van der Waals surface area (Å²) in [7, 11) is 3.20. The lowest BCUT2D eigenvalue weighted by molar-refractivity contribution is 0.0461. The van der Waals surface area contributed by atoms with Gasteiger partial charge in [-0.2, -0.15) is 5.26 Å². The molecule has 174 valence electrons. The first-order chi connectivity index (χ1) is 16.0. The number of methoxy groups -OCH3 is 1. The molecule has 2 aromatic carbocycles. The normalized spacial score (nSPS) is 11.4. The van der Waals surface area contributed by atoms with Crippen molar-refractivity contribution in [3.05, 3.63) is 101 Å². The number of esters is 1. The van der Waals surface area contributed by atoms with Gasteiger partial charge in [-0.25, -0.2) is 9.78 Å². The molecule has 8 heteroatoms. The summed E-state index contributed by atoms with van der Waals surface area (Å²) in [6.45, 7) is 2.15. The molecule has 0 spiro atoms. The average Bonchev–Trinajstić information content (AvgIpc) is 3.48. The predicted octanol–water partition coefficient (Wildman–Crippen LogP) is 5.37. The zero-order valence-electron chi connectivity index (χ0n) is 19.0. The van der Waals surface area contributed by atoms with E-state index < -0.39 is 12.1 Å². The maximum Gasteiger partial charge on any atom is 0.373 e. The highest BCUT2D eigenvalue weighted by Gasteiger charge is 2.22. The van der Waals surface area contributed by atoms with Gasteiger partial charge in [-0.3, -0.25) is 0 Å². The van der Waals surface area contributed by atoms with E-state index in [4.69, 9.17) is 13.9 Å². The number of aromatic nitrogens is 2. The van der Waals surface area contributed by atoms with Crippen LogP contribution < -0.4 is 0 Å². The van der Waals surface area contributed by atoms with Crippen LogP contribution >= 0.6 is 12.4 Å². The molecule has 0 saturated heterocycles. The minimum Gasteiger partial charge on any atom is -0.463 e. The highest BCUT2D eigenvalue weighted by atomic mass is 35.5. The smallest absolute Gasteiger partial charge is 0.373 e. The van der Waals surface area contributed by atoms with Gasteiger partial charge in [-0.05, 0) is 47.9 Å². The fraction of sp³-hybridized carbons (Fsp3) is 0.192. The number of ether oxygens (including phenoxy) is 2. The average molecular weight is 478 g/mol. The molecule has 1 unspecified atom stereocenters. The summed E-state index contributed by atoms with van der Waals surface area (Å²) in [5.74, 6) is 0.0723. The topological polar surface area (TPSA) is 90.3 Å². The van der Waals surface area contributed by atoms with Crippen LogP contribution in [0, 0.1) is 18.3 Å². The Bertz CT molecular complexity index is 1340. The van der Waals surface area contributed by atoms with Gasteiger partial charge < -0.3 is 18.5 Å². The maximum absolute atomic E-state index is 11.7. The third-order valence-corrected chi connectivity index (χ3v) is 5.47. The largest absolute Gasteiger partial charge is 0.463 e. The van der Waals surface area contributed by atoms with E-state index in [1.54, 1.807) is 24.7 Å². The van der Waals surface area contributed by atoms with Gasteiger partial charge in [0.15, 0.2) is 0 Å². The first-order valence-corrected chi connectivity index (χ1v) is 10.4. The van der Waals surface area contributed by atoms with Crippen LogP contribution in [0.2, 0.25) is 0 Å². The number of benzene rings is 2. The van der Waals surface area contributed by atoms with Crippen LogP contribution in [-0.2, 0) is 23.1 Å². The van der Waals surface area contributed by atoms with Gasteiger partial charge in [0, 0.05) is 12.6 Å². The van der Waals surface area contributed by atoms with Crippen LogP contribution in [0.25, 0.3) is 11.1 Å². The number of rotatable bonds is 7. The van der Waals surface area contributed by atoms with Crippen molar-refractivity contribution in [2.24, 2.45) is 7.05 Å². The Morgan fingerprint density at radius 3 is 2.65 bits per heavy atom. The molecule has 0 radical (unpaired) electrons. The zero-order chi connectivity index (χ0) is 23.4. The number of hydrogen-bond acceptors (Lipinski definition) is 6. The van der Waals surface area contributed by atoms with Crippen LogP contribution in [0.15, 0.2) is 71.5 Å². The third kappa shape index (κ3) is 5.04. The van der Waals surface area contributed by atoms with Gasteiger partial charge >= 0.3 is 5.97 Å². The molecule has 34 heavy (non-hydrogen) atoms. The van der Waals surface area contributed by atoms with Crippen molar-refractivity contribution in [2.75, 3.05) is 7.11 Å². The highest BCUT2D eigenvalue weighted by Crippen LogP contribution is 2.33. The molecule has 0 saturated carbocycles. The van der Waals surface area contributed by atoms with Gasteiger partial charge in [-0.15, -0.1) is 12.4 Å². The first kappa shape index (κ1) is 24.8. The van der Waals surface area contributed by atoms with Gasteiger partial charge in [0.25, 0.3) is 0 Å². The van der Waals surface area contributed by atoms with E-state index in [-0.39, 0.29) is 24.8 Å². The molecule has 1 atom stereocenters. The molecule has 0 fully saturated rings. The Balaban J connectivity index is 0.00000324. The van der Waals surface area contributed by atoms with E-state index in [1.807, 2.05) is 61.0 Å². The molecule has 0 aliphatic heterocycles. The fourth-order valence-electron chi connectivity index (χ4n) is 3.72. The molecule has 0 N–H and O–H groups in total. The second-order valence-electron chi connectivity index (χ2n) is 7.61. The predicted molar refractivity (Wildman–Crippen MR) is 128 cm³/mol. The van der Waals surface area contributed by atoms with Crippen LogP contribution in [-0.4, -0.2) is 22.6 Å². The minimum absolute atomic E-state index is 0. The molecule has 0 aliphatic rings. The molecule has 4 aromatic rings. The standard InChI is InChI=1S/C26H23N3O4.ClH/c1-17-6-4-5-7-21(17)22-12-18(8-9-19(22)13-27)25(23-14-28-16-29(23)2)32-15-20-10-11-24(33-20)26(30)31-3;/h4-12,14,16,25H,15H2,1-3H3;1H. The molecular weight excluding hydrogens is 454 g/mol. The number of aryl methyl sites for hydroxylation is 2. The van der Waals surface area contributed by atoms with E-state index in [9.17, 15) is 10.1 Å². The maximum atomic E-state index is 11.7. The summed E-state index contributed by atoms with van der Waals surface area (Å²) < 4.78 is 18.4. The Hall–Kier alpha value is -3.86. The second kappa shape index (κ2) is 10.8. The number of nitriles is 1. The molecule has 7 nitrogen and oxygen atoms in total. The summed E-state index contributed by atoms with van der Waals surface area (Å²) in [5.41, 5.74) is 5.22. The van der Waals surface area contributed by atoms with Crippen LogP contribution in [0.5, 0.6) is 0 Å². The van der Waals surface area contributed by atoms with Crippen molar-refractivity contribution < 1.29 is 18.7 Å². The molecule has 0 aliphatic carbocycles. The van der Waals surface area contributed by atoms with Crippen molar-refractivity contribution in [1.29, 1.82) is 5.26 Å². The number of carbonyl (C=O) groups excluding carboxylic acids is 1. The van der Waals surface area contributed by atoms with Crippen molar-refractivity contribution >= 4 is 18.4 Å². The van der Waals surface area contributed by atoms with E-state index in [2.05, 4.69) is 11.1 Å². The van der Waals surface area contributed by atoms with Crippen molar-refractivity contribution in [3.63, 3.8) is 0 Å². The molecule has 4 rings (SSSR count). The number of halogens is 1. The van der Waals surface area contributed by atoms with E-state index in [1.165, 1.54) is 7.11 Å². The molecule has 2 aromatic heterocycles. The second-order valence-corrected chi connectivity index (χ2v) is 7.61. The van der Waals surface area contributed by atoms with E-state index in [0.717, 1.165) is 27.9 Å². The Kier molecular flexibility index (Phi) is 7.90. The van der Waals surface area contributed by atoms with Crippen LogP contribution in [0.4, 0.5) is 0 Å².